The predicted molar refractivity (Wildman–Crippen MR) is 75.9 cm³/mol. The minimum atomic E-state index is -0.753. The van der Waals surface area contributed by atoms with Gasteiger partial charge in [0.05, 0.1) is 12.0 Å². The quantitative estimate of drug-likeness (QED) is 0.666. The highest BCUT2D eigenvalue weighted by Crippen LogP contribution is 2.30. The van der Waals surface area contributed by atoms with Gasteiger partial charge in [0.1, 0.15) is 0 Å². The van der Waals surface area contributed by atoms with Crippen molar-refractivity contribution in [2.75, 3.05) is 19.8 Å². The second kappa shape index (κ2) is 8.54. The van der Waals surface area contributed by atoms with Crippen LogP contribution in [0.3, 0.4) is 0 Å². The number of carbonyl (C=O) groups excluding carboxylic acids is 1. The lowest BCUT2D eigenvalue weighted by Gasteiger charge is -2.31. The molecule has 1 saturated carbocycles. The zero-order valence-corrected chi connectivity index (χ0v) is 12.4. The van der Waals surface area contributed by atoms with Gasteiger partial charge in [-0.3, -0.25) is 4.79 Å². The van der Waals surface area contributed by atoms with Crippen molar-refractivity contribution < 1.29 is 14.6 Å². The van der Waals surface area contributed by atoms with E-state index >= 15 is 0 Å². The molecule has 0 atom stereocenters. The van der Waals surface area contributed by atoms with Crippen LogP contribution in [0.1, 0.15) is 58.8 Å². The SMILES string of the molecule is CC(C)COCCCNC(=O)CC1(O)CCCCC1. The van der Waals surface area contributed by atoms with Gasteiger partial charge >= 0.3 is 0 Å². The van der Waals surface area contributed by atoms with Gasteiger partial charge in [-0.1, -0.05) is 33.1 Å². The Morgan fingerprint density at radius 1 is 1.32 bits per heavy atom. The van der Waals surface area contributed by atoms with Crippen LogP contribution in [-0.2, 0) is 9.53 Å². The maximum Gasteiger partial charge on any atom is 0.222 e. The second-order valence-corrected chi connectivity index (χ2v) is 6.13. The van der Waals surface area contributed by atoms with E-state index in [1.165, 1.54) is 6.42 Å². The van der Waals surface area contributed by atoms with Crippen LogP contribution in [0.15, 0.2) is 0 Å². The number of nitrogens with one attached hydrogen (secondary N) is 1. The Hall–Kier alpha value is -0.610. The number of amides is 1. The highest BCUT2D eigenvalue weighted by atomic mass is 16.5. The van der Waals surface area contributed by atoms with Crippen molar-refractivity contribution in [3.8, 4) is 0 Å². The molecule has 19 heavy (non-hydrogen) atoms. The molecule has 0 unspecified atom stereocenters. The molecule has 0 aromatic heterocycles. The van der Waals surface area contributed by atoms with E-state index in [1.54, 1.807) is 0 Å². The van der Waals surface area contributed by atoms with Crippen LogP contribution in [0.4, 0.5) is 0 Å². The molecule has 112 valence electrons. The van der Waals surface area contributed by atoms with Gasteiger partial charge in [0.15, 0.2) is 0 Å². The third-order valence-electron chi connectivity index (χ3n) is 3.51. The van der Waals surface area contributed by atoms with Crippen molar-refractivity contribution in [1.29, 1.82) is 0 Å². The van der Waals surface area contributed by atoms with Crippen LogP contribution in [0, 0.1) is 5.92 Å². The number of rotatable bonds is 8. The molecule has 1 rings (SSSR count). The van der Waals surface area contributed by atoms with E-state index in [2.05, 4.69) is 19.2 Å². The molecular formula is C15H29NO3. The molecule has 0 aromatic rings. The van der Waals surface area contributed by atoms with Gasteiger partial charge in [0.2, 0.25) is 5.91 Å². The van der Waals surface area contributed by atoms with Gasteiger partial charge in [-0.15, -0.1) is 0 Å². The molecule has 4 nitrogen and oxygen atoms in total. The van der Waals surface area contributed by atoms with Gasteiger partial charge in [-0.2, -0.15) is 0 Å². The molecule has 1 aliphatic rings. The molecule has 1 aliphatic carbocycles. The summed E-state index contributed by atoms with van der Waals surface area (Å²) in [4.78, 5) is 11.7. The lowest BCUT2D eigenvalue weighted by Crippen LogP contribution is -2.38. The first kappa shape index (κ1) is 16.4. The summed E-state index contributed by atoms with van der Waals surface area (Å²) in [6.07, 6.45) is 5.85. The van der Waals surface area contributed by atoms with Crippen LogP contribution in [0.25, 0.3) is 0 Å². The van der Waals surface area contributed by atoms with Crippen molar-refractivity contribution in [1.82, 2.24) is 5.32 Å². The van der Waals surface area contributed by atoms with E-state index in [0.29, 0.717) is 19.1 Å². The van der Waals surface area contributed by atoms with E-state index < -0.39 is 5.60 Å². The summed E-state index contributed by atoms with van der Waals surface area (Å²) in [5.74, 6) is 0.517. The standard InChI is InChI=1S/C15H29NO3/c1-13(2)12-19-10-6-9-16-14(17)11-15(18)7-4-3-5-8-15/h13,18H,3-12H2,1-2H3,(H,16,17). The zero-order chi connectivity index (χ0) is 14.1. The van der Waals surface area contributed by atoms with E-state index in [1.807, 2.05) is 0 Å². The van der Waals surface area contributed by atoms with Gasteiger partial charge < -0.3 is 15.2 Å². The molecule has 2 N–H and O–H groups in total. The van der Waals surface area contributed by atoms with Crippen molar-refractivity contribution in [2.24, 2.45) is 5.92 Å². The lowest BCUT2D eigenvalue weighted by molar-refractivity contribution is -0.127. The minimum absolute atomic E-state index is 0.0340. The highest BCUT2D eigenvalue weighted by molar-refractivity contribution is 5.76. The first-order valence-corrected chi connectivity index (χ1v) is 7.59. The van der Waals surface area contributed by atoms with Gasteiger partial charge in [-0.05, 0) is 25.2 Å². The molecule has 0 aliphatic heterocycles. The second-order valence-electron chi connectivity index (χ2n) is 6.13. The van der Waals surface area contributed by atoms with Crippen LogP contribution in [-0.4, -0.2) is 36.4 Å². The summed E-state index contributed by atoms with van der Waals surface area (Å²) >= 11 is 0. The van der Waals surface area contributed by atoms with Crippen LogP contribution in [0.2, 0.25) is 0 Å². The predicted octanol–water partition coefficient (Wildman–Crippen LogP) is 2.25. The molecule has 4 heteroatoms. The normalized spacial score (nSPS) is 18.5. The number of aliphatic hydroxyl groups is 1. The van der Waals surface area contributed by atoms with E-state index in [-0.39, 0.29) is 12.3 Å². The molecule has 1 amide bonds. The maximum absolute atomic E-state index is 11.7. The Morgan fingerprint density at radius 2 is 2.00 bits per heavy atom. The fraction of sp³-hybridized carbons (Fsp3) is 0.933. The Labute approximate surface area is 116 Å². The first-order valence-electron chi connectivity index (χ1n) is 7.59. The Kier molecular flexibility index (Phi) is 7.39. The monoisotopic (exact) mass is 271 g/mol. The average molecular weight is 271 g/mol. The average Bonchev–Trinajstić information content (AvgIpc) is 2.33. The van der Waals surface area contributed by atoms with Crippen molar-refractivity contribution in [3.05, 3.63) is 0 Å². The molecule has 0 saturated heterocycles. The summed E-state index contributed by atoms with van der Waals surface area (Å²) < 4.78 is 5.45. The first-order chi connectivity index (χ1) is 9.02. The smallest absolute Gasteiger partial charge is 0.222 e. The fourth-order valence-corrected chi connectivity index (χ4v) is 2.47. The number of hydrogen-bond acceptors (Lipinski definition) is 3. The van der Waals surface area contributed by atoms with E-state index in [9.17, 15) is 9.90 Å². The highest BCUT2D eigenvalue weighted by Gasteiger charge is 2.31. The number of hydrogen-bond donors (Lipinski definition) is 2. The Morgan fingerprint density at radius 3 is 2.63 bits per heavy atom. The lowest BCUT2D eigenvalue weighted by atomic mass is 9.82. The molecule has 0 radical (unpaired) electrons. The third kappa shape index (κ3) is 7.53. The summed E-state index contributed by atoms with van der Waals surface area (Å²) in [6, 6.07) is 0. The topological polar surface area (TPSA) is 58.6 Å². The van der Waals surface area contributed by atoms with Crippen LogP contribution in [0.5, 0.6) is 0 Å². The van der Waals surface area contributed by atoms with Crippen molar-refractivity contribution >= 4 is 5.91 Å². The molecule has 1 fully saturated rings. The summed E-state index contributed by atoms with van der Waals surface area (Å²) in [6.45, 7) is 6.32. The molecule has 0 aromatic carbocycles. The molecule has 0 bridgehead atoms. The summed E-state index contributed by atoms with van der Waals surface area (Å²) in [7, 11) is 0. The number of ether oxygens (including phenoxy) is 1. The van der Waals surface area contributed by atoms with E-state index in [0.717, 1.165) is 38.7 Å². The van der Waals surface area contributed by atoms with Crippen LogP contribution >= 0.6 is 0 Å². The molecule has 0 spiro atoms. The minimum Gasteiger partial charge on any atom is -0.389 e. The maximum atomic E-state index is 11.7. The fourth-order valence-electron chi connectivity index (χ4n) is 2.47. The summed E-state index contributed by atoms with van der Waals surface area (Å²) in [5, 5.41) is 13.1. The van der Waals surface area contributed by atoms with Crippen LogP contribution < -0.4 is 5.32 Å². The zero-order valence-electron chi connectivity index (χ0n) is 12.4. The Balaban J connectivity index is 2.04. The summed E-state index contributed by atoms with van der Waals surface area (Å²) in [5.41, 5.74) is -0.753. The van der Waals surface area contributed by atoms with Crippen molar-refractivity contribution in [3.63, 3.8) is 0 Å². The molecular weight excluding hydrogens is 242 g/mol. The van der Waals surface area contributed by atoms with Gasteiger partial charge in [0, 0.05) is 19.8 Å². The van der Waals surface area contributed by atoms with Gasteiger partial charge in [0.25, 0.3) is 0 Å². The van der Waals surface area contributed by atoms with E-state index in [4.69, 9.17) is 4.74 Å². The largest absolute Gasteiger partial charge is 0.389 e. The third-order valence-corrected chi connectivity index (χ3v) is 3.51. The molecule has 0 heterocycles. The number of carbonyl (C=O) groups is 1. The Bertz CT molecular complexity index is 260. The van der Waals surface area contributed by atoms with Gasteiger partial charge in [-0.25, -0.2) is 0 Å². The van der Waals surface area contributed by atoms with Crippen molar-refractivity contribution in [2.45, 2.75) is 64.4 Å².